The molecule has 6 heteroatoms. The largest absolute Gasteiger partial charge is 0.478 e. The minimum atomic E-state index is -1.21. The number of amides is 1. The second-order valence-corrected chi connectivity index (χ2v) is 2.58. The SMILES string of the molecule is NC(=O)C#Cc1cnc(N)c(C(=O)O)c1. The molecule has 0 spiro atoms. The number of pyridine rings is 1. The minimum absolute atomic E-state index is 0.105. The lowest BCUT2D eigenvalue weighted by atomic mass is 10.2. The number of carbonyl (C=O) groups excluding carboxylic acids is 1. The van der Waals surface area contributed by atoms with Gasteiger partial charge in [0.05, 0.1) is 0 Å². The Kier molecular flexibility index (Phi) is 2.88. The van der Waals surface area contributed by atoms with Crippen molar-refractivity contribution in [2.45, 2.75) is 0 Å². The van der Waals surface area contributed by atoms with Gasteiger partial charge in [-0.3, -0.25) is 4.79 Å². The van der Waals surface area contributed by atoms with Crippen LogP contribution in [0.1, 0.15) is 15.9 Å². The monoisotopic (exact) mass is 205 g/mol. The number of anilines is 1. The Morgan fingerprint density at radius 2 is 2.13 bits per heavy atom. The summed E-state index contributed by atoms with van der Waals surface area (Å²) in [6.07, 6.45) is 1.26. The molecule has 0 bridgehead atoms. The molecule has 0 fully saturated rings. The summed E-state index contributed by atoms with van der Waals surface area (Å²) < 4.78 is 0. The van der Waals surface area contributed by atoms with E-state index in [1.165, 1.54) is 12.3 Å². The molecule has 0 aliphatic rings. The number of carbonyl (C=O) groups is 2. The van der Waals surface area contributed by atoms with Crippen molar-refractivity contribution in [2.24, 2.45) is 5.73 Å². The highest BCUT2D eigenvalue weighted by atomic mass is 16.4. The Morgan fingerprint density at radius 1 is 1.47 bits per heavy atom. The first-order valence-electron chi connectivity index (χ1n) is 3.81. The topological polar surface area (TPSA) is 119 Å². The van der Waals surface area contributed by atoms with Gasteiger partial charge in [0.15, 0.2) is 0 Å². The van der Waals surface area contributed by atoms with Crippen molar-refractivity contribution >= 4 is 17.7 Å². The van der Waals surface area contributed by atoms with Gasteiger partial charge in [0, 0.05) is 17.7 Å². The first-order chi connectivity index (χ1) is 7.00. The molecule has 1 heterocycles. The number of carboxylic acids is 1. The lowest BCUT2D eigenvalue weighted by molar-refractivity contribution is -0.112. The van der Waals surface area contributed by atoms with Crippen LogP contribution in [0, 0.1) is 11.8 Å². The van der Waals surface area contributed by atoms with Crippen LogP contribution in [0.2, 0.25) is 0 Å². The third-order valence-corrected chi connectivity index (χ3v) is 1.48. The number of carboxylic acid groups (broad SMARTS) is 1. The van der Waals surface area contributed by atoms with E-state index in [2.05, 4.69) is 16.8 Å². The smallest absolute Gasteiger partial charge is 0.339 e. The Labute approximate surface area is 84.9 Å². The lowest BCUT2D eigenvalue weighted by Crippen LogP contribution is -2.07. The molecule has 0 unspecified atom stereocenters. The second-order valence-electron chi connectivity index (χ2n) is 2.58. The van der Waals surface area contributed by atoms with Crippen LogP contribution in [0.15, 0.2) is 12.3 Å². The van der Waals surface area contributed by atoms with E-state index in [4.69, 9.17) is 16.6 Å². The third-order valence-electron chi connectivity index (χ3n) is 1.48. The summed E-state index contributed by atoms with van der Waals surface area (Å²) >= 11 is 0. The molecule has 0 saturated carbocycles. The molecule has 5 N–H and O–H groups in total. The zero-order valence-electron chi connectivity index (χ0n) is 7.52. The maximum absolute atomic E-state index is 10.7. The minimum Gasteiger partial charge on any atom is -0.478 e. The van der Waals surface area contributed by atoms with Gasteiger partial charge < -0.3 is 16.6 Å². The summed E-state index contributed by atoms with van der Waals surface area (Å²) in [5.41, 5.74) is 10.2. The highest BCUT2D eigenvalue weighted by molar-refractivity contribution is 5.94. The van der Waals surface area contributed by atoms with Crippen molar-refractivity contribution in [3.8, 4) is 11.8 Å². The van der Waals surface area contributed by atoms with E-state index in [-0.39, 0.29) is 16.9 Å². The number of hydrogen-bond donors (Lipinski definition) is 3. The Hall–Kier alpha value is -2.55. The predicted octanol–water partition coefficient (Wildman–Crippen LogP) is -0.801. The second kappa shape index (κ2) is 4.11. The first kappa shape index (κ1) is 10.5. The molecule has 15 heavy (non-hydrogen) atoms. The molecule has 1 aromatic rings. The molecule has 0 aliphatic heterocycles. The molecule has 0 atom stereocenters. The van der Waals surface area contributed by atoms with Crippen LogP contribution in [0.4, 0.5) is 5.82 Å². The summed E-state index contributed by atoms with van der Waals surface area (Å²) in [4.78, 5) is 24.6. The van der Waals surface area contributed by atoms with E-state index >= 15 is 0 Å². The third kappa shape index (κ3) is 2.70. The average Bonchev–Trinajstić information content (AvgIpc) is 2.16. The van der Waals surface area contributed by atoms with E-state index in [9.17, 15) is 9.59 Å². The summed E-state index contributed by atoms with van der Waals surface area (Å²) in [6, 6.07) is 1.22. The van der Waals surface area contributed by atoms with Gasteiger partial charge in [-0.2, -0.15) is 0 Å². The van der Waals surface area contributed by atoms with Crippen LogP contribution >= 0.6 is 0 Å². The van der Waals surface area contributed by atoms with Gasteiger partial charge in [0.2, 0.25) is 0 Å². The van der Waals surface area contributed by atoms with E-state index in [0.29, 0.717) is 0 Å². The van der Waals surface area contributed by atoms with Crippen LogP contribution in [0.5, 0.6) is 0 Å². The zero-order chi connectivity index (χ0) is 11.4. The highest BCUT2D eigenvalue weighted by Crippen LogP contribution is 2.09. The fraction of sp³-hybridized carbons (Fsp3) is 0. The summed E-state index contributed by atoms with van der Waals surface area (Å²) in [6.45, 7) is 0. The van der Waals surface area contributed by atoms with Crippen molar-refractivity contribution in [3.05, 3.63) is 23.4 Å². The number of primary amides is 1. The van der Waals surface area contributed by atoms with Gasteiger partial charge in [0.1, 0.15) is 11.4 Å². The number of rotatable bonds is 1. The lowest BCUT2D eigenvalue weighted by Gasteiger charge is -1.98. The molecule has 0 saturated heterocycles. The molecular weight excluding hydrogens is 198 g/mol. The van der Waals surface area contributed by atoms with Crippen LogP contribution in [-0.2, 0) is 4.79 Å². The first-order valence-corrected chi connectivity index (χ1v) is 3.81. The van der Waals surface area contributed by atoms with Crippen molar-refractivity contribution in [1.29, 1.82) is 0 Å². The molecule has 76 valence electrons. The van der Waals surface area contributed by atoms with Gasteiger partial charge in [0.25, 0.3) is 5.91 Å². The Morgan fingerprint density at radius 3 is 2.67 bits per heavy atom. The van der Waals surface area contributed by atoms with Crippen LogP contribution in [0.25, 0.3) is 0 Å². The van der Waals surface area contributed by atoms with Crippen molar-refractivity contribution in [3.63, 3.8) is 0 Å². The van der Waals surface area contributed by atoms with Gasteiger partial charge in [-0.15, -0.1) is 0 Å². The average molecular weight is 205 g/mol. The van der Waals surface area contributed by atoms with E-state index in [1.807, 2.05) is 0 Å². The molecule has 1 rings (SSSR count). The number of hydrogen-bond acceptors (Lipinski definition) is 4. The maximum atomic E-state index is 10.7. The van der Waals surface area contributed by atoms with Crippen LogP contribution < -0.4 is 11.5 Å². The quantitative estimate of drug-likeness (QED) is 0.518. The standard InChI is InChI=1S/C9H7N3O3/c10-7(13)2-1-5-3-6(9(14)15)8(11)12-4-5/h3-4H,(H2,10,13)(H2,11,12)(H,14,15). The van der Waals surface area contributed by atoms with E-state index in [0.717, 1.165) is 0 Å². The number of nitrogens with two attached hydrogens (primary N) is 2. The van der Waals surface area contributed by atoms with Gasteiger partial charge in [-0.05, 0) is 6.07 Å². The van der Waals surface area contributed by atoms with E-state index < -0.39 is 11.9 Å². The molecule has 1 aromatic heterocycles. The molecule has 6 nitrogen and oxygen atoms in total. The number of nitrogens with zero attached hydrogens (tertiary/aromatic N) is 1. The summed E-state index contributed by atoms with van der Waals surface area (Å²) in [5.74, 6) is 2.31. The van der Waals surface area contributed by atoms with Crippen molar-refractivity contribution in [1.82, 2.24) is 4.98 Å². The molecule has 0 aliphatic carbocycles. The van der Waals surface area contributed by atoms with E-state index in [1.54, 1.807) is 0 Å². The zero-order valence-corrected chi connectivity index (χ0v) is 7.52. The summed E-state index contributed by atoms with van der Waals surface area (Å²) in [7, 11) is 0. The van der Waals surface area contributed by atoms with Crippen molar-refractivity contribution < 1.29 is 14.7 Å². The number of aromatic nitrogens is 1. The maximum Gasteiger partial charge on any atom is 0.339 e. The Balaban J connectivity index is 3.15. The van der Waals surface area contributed by atoms with Crippen LogP contribution in [0.3, 0.4) is 0 Å². The molecule has 0 radical (unpaired) electrons. The fourth-order valence-corrected chi connectivity index (χ4v) is 0.849. The summed E-state index contributed by atoms with van der Waals surface area (Å²) in [5, 5.41) is 8.71. The fourth-order valence-electron chi connectivity index (χ4n) is 0.849. The number of nitrogen functional groups attached to an aromatic ring is 1. The van der Waals surface area contributed by atoms with Gasteiger partial charge >= 0.3 is 5.97 Å². The van der Waals surface area contributed by atoms with Gasteiger partial charge in [-0.1, -0.05) is 5.92 Å². The van der Waals surface area contributed by atoms with Crippen LogP contribution in [-0.4, -0.2) is 22.0 Å². The number of aromatic carboxylic acids is 1. The Bertz CT molecular complexity index is 485. The highest BCUT2D eigenvalue weighted by Gasteiger charge is 2.08. The van der Waals surface area contributed by atoms with Crippen molar-refractivity contribution in [2.75, 3.05) is 5.73 Å². The molecular formula is C9H7N3O3. The molecule has 1 amide bonds. The predicted molar refractivity (Wildman–Crippen MR) is 51.7 cm³/mol. The van der Waals surface area contributed by atoms with Gasteiger partial charge in [-0.25, -0.2) is 9.78 Å². The molecule has 0 aromatic carbocycles. The normalized spacial score (nSPS) is 8.80.